The van der Waals surface area contributed by atoms with Crippen LogP contribution in [0.25, 0.3) is 0 Å². The molecule has 1 fully saturated rings. The van der Waals surface area contributed by atoms with Crippen LogP contribution < -0.4 is 15.5 Å². The van der Waals surface area contributed by atoms with Gasteiger partial charge in [-0.1, -0.05) is 12.1 Å². The second kappa shape index (κ2) is 9.58. The number of thiazole rings is 1. The summed E-state index contributed by atoms with van der Waals surface area (Å²) < 4.78 is 23.5. The molecular weight excluding hydrogens is 406 g/mol. The van der Waals surface area contributed by atoms with Crippen molar-refractivity contribution in [3.63, 3.8) is 0 Å². The van der Waals surface area contributed by atoms with Gasteiger partial charge in [0.1, 0.15) is 0 Å². The molecule has 7 nitrogen and oxygen atoms in total. The minimum Gasteiger partial charge on any atom is -0.356 e. The monoisotopic (exact) mass is 435 g/mol. The Morgan fingerprint density at radius 3 is 2.69 bits per heavy atom. The van der Waals surface area contributed by atoms with Crippen molar-refractivity contribution in [2.24, 2.45) is 4.99 Å². The van der Waals surface area contributed by atoms with Crippen LogP contribution in [0.5, 0.6) is 0 Å². The van der Waals surface area contributed by atoms with Crippen molar-refractivity contribution in [2.75, 3.05) is 37.8 Å². The smallest absolute Gasteiger partial charge is 0.191 e. The standard InChI is InChI=1S/C20H29N5O2S2/c1-15-12-16(6-7-18(15)29(3,26)27)13-23-19(21-2)22-9-8-17-14-28-20(24-17)25-10-4-5-11-25/h6-7,12,14H,4-5,8-11,13H2,1-3H3,(H2,21,22,23). The van der Waals surface area contributed by atoms with Crippen LogP contribution in [-0.2, 0) is 22.8 Å². The third kappa shape index (κ3) is 5.93. The Kier molecular flexibility index (Phi) is 7.13. The normalized spacial score (nSPS) is 15.0. The van der Waals surface area contributed by atoms with Crippen LogP contribution >= 0.6 is 11.3 Å². The Hall–Kier alpha value is -2.13. The van der Waals surface area contributed by atoms with E-state index >= 15 is 0 Å². The third-order valence-electron chi connectivity index (χ3n) is 4.91. The minimum absolute atomic E-state index is 0.375. The topological polar surface area (TPSA) is 86.7 Å². The quantitative estimate of drug-likeness (QED) is 0.513. The van der Waals surface area contributed by atoms with Gasteiger partial charge in [-0.25, -0.2) is 13.4 Å². The maximum absolute atomic E-state index is 11.7. The zero-order valence-electron chi connectivity index (χ0n) is 17.2. The maximum Gasteiger partial charge on any atom is 0.191 e. The van der Waals surface area contributed by atoms with Crippen molar-refractivity contribution in [2.45, 2.75) is 37.6 Å². The summed E-state index contributed by atoms with van der Waals surface area (Å²) in [6, 6.07) is 5.39. The number of guanidine groups is 1. The van der Waals surface area contributed by atoms with E-state index < -0.39 is 9.84 Å². The van der Waals surface area contributed by atoms with Gasteiger partial charge < -0.3 is 15.5 Å². The van der Waals surface area contributed by atoms with E-state index in [9.17, 15) is 8.42 Å². The molecule has 1 saturated heterocycles. The van der Waals surface area contributed by atoms with Gasteiger partial charge >= 0.3 is 0 Å². The lowest BCUT2D eigenvalue weighted by atomic mass is 10.1. The molecule has 158 valence electrons. The summed E-state index contributed by atoms with van der Waals surface area (Å²) in [6.07, 6.45) is 4.59. The molecule has 2 aromatic rings. The minimum atomic E-state index is -3.19. The molecule has 1 aromatic heterocycles. The molecule has 0 radical (unpaired) electrons. The molecule has 1 aromatic carbocycles. The highest BCUT2D eigenvalue weighted by atomic mass is 32.2. The first-order valence-corrected chi connectivity index (χ1v) is 12.6. The van der Waals surface area contributed by atoms with E-state index in [1.54, 1.807) is 24.5 Å². The molecule has 0 aliphatic carbocycles. The van der Waals surface area contributed by atoms with Gasteiger partial charge in [0.2, 0.25) is 0 Å². The van der Waals surface area contributed by atoms with E-state index in [0.717, 1.165) is 48.0 Å². The van der Waals surface area contributed by atoms with E-state index in [1.807, 2.05) is 19.1 Å². The van der Waals surface area contributed by atoms with Crippen LogP contribution in [0, 0.1) is 6.92 Å². The number of hydrogen-bond donors (Lipinski definition) is 2. The van der Waals surface area contributed by atoms with Crippen LogP contribution in [-0.4, -0.2) is 52.3 Å². The molecule has 0 spiro atoms. The summed E-state index contributed by atoms with van der Waals surface area (Å²) in [6.45, 7) is 5.37. The maximum atomic E-state index is 11.7. The van der Waals surface area contributed by atoms with E-state index in [1.165, 1.54) is 19.1 Å². The molecule has 1 aliphatic heterocycles. The van der Waals surface area contributed by atoms with Crippen molar-refractivity contribution in [1.82, 2.24) is 15.6 Å². The summed E-state index contributed by atoms with van der Waals surface area (Å²) in [5.74, 6) is 0.713. The molecule has 0 unspecified atom stereocenters. The van der Waals surface area contributed by atoms with E-state index in [0.29, 0.717) is 17.4 Å². The van der Waals surface area contributed by atoms with Gasteiger partial charge in [0.15, 0.2) is 20.9 Å². The van der Waals surface area contributed by atoms with Crippen molar-refractivity contribution in [3.8, 4) is 0 Å². The molecule has 9 heteroatoms. The molecular formula is C20H29N5O2S2. The first-order valence-electron chi connectivity index (χ1n) is 9.80. The van der Waals surface area contributed by atoms with Gasteiger partial charge in [0.05, 0.1) is 10.6 Å². The van der Waals surface area contributed by atoms with Gasteiger partial charge in [0, 0.05) is 51.3 Å². The number of aliphatic imine (C=N–C) groups is 1. The van der Waals surface area contributed by atoms with Crippen LogP contribution in [0.15, 0.2) is 33.5 Å². The van der Waals surface area contributed by atoms with E-state index in [-0.39, 0.29) is 0 Å². The summed E-state index contributed by atoms with van der Waals surface area (Å²) in [4.78, 5) is 11.7. The highest BCUT2D eigenvalue weighted by Crippen LogP contribution is 2.24. The lowest BCUT2D eigenvalue weighted by molar-refractivity contribution is 0.601. The average molecular weight is 436 g/mol. The lowest BCUT2D eigenvalue weighted by Gasteiger charge is -2.13. The lowest BCUT2D eigenvalue weighted by Crippen LogP contribution is -2.37. The summed E-state index contributed by atoms with van der Waals surface area (Å²) in [5.41, 5.74) is 2.87. The first-order chi connectivity index (χ1) is 13.9. The molecule has 0 amide bonds. The number of aromatic nitrogens is 1. The fourth-order valence-corrected chi connectivity index (χ4v) is 5.29. The first kappa shape index (κ1) is 21.6. The Labute approximate surface area is 177 Å². The molecule has 3 rings (SSSR count). The Balaban J connectivity index is 1.47. The van der Waals surface area contributed by atoms with Crippen molar-refractivity contribution in [1.29, 1.82) is 0 Å². The molecule has 2 heterocycles. The average Bonchev–Trinajstić information content (AvgIpc) is 3.35. The highest BCUT2D eigenvalue weighted by molar-refractivity contribution is 7.90. The summed E-state index contributed by atoms with van der Waals surface area (Å²) in [5, 5.41) is 9.85. The molecule has 1 aliphatic rings. The fourth-order valence-electron chi connectivity index (χ4n) is 3.42. The molecule has 0 bridgehead atoms. The van der Waals surface area contributed by atoms with E-state index in [4.69, 9.17) is 4.98 Å². The SMILES string of the molecule is CN=C(NCCc1csc(N2CCCC2)n1)NCc1ccc(S(C)(=O)=O)c(C)c1. The van der Waals surface area contributed by atoms with Gasteiger partial charge in [-0.3, -0.25) is 4.99 Å². The zero-order valence-corrected chi connectivity index (χ0v) is 18.9. The van der Waals surface area contributed by atoms with Crippen LogP contribution in [0.4, 0.5) is 5.13 Å². The Morgan fingerprint density at radius 1 is 1.28 bits per heavy atom. The van der Waals surface area contributed by atoms with Gasteiger partial charge in [-0.2, -0.15) is 0 Å². The number of benzene rings is 1. The highest BCUT2D eigenvalue weighted by Gasteiger charge is 2.15. The summed E-state index contributed by atoms with van der Waals surface area (Å²) in [7, 11) is -1.46. The fraction of sp³-hybridized carbons (Fsp3) is 0.500. The van der Waals surface area contributed by atoms with Gasteiger partial charge in [-0.05, 0) is 37.0 Å². The zero-order chi connectivity index (χ0) is 20.9. The van der Waals surface area contributed by atoms with E-state index in [2.05, 4.69) is 25.9 Å². The summed E-state index contributed by atoms with van der Waals surface area (Å²) >= 11 is 1.72. The largest absolute Gasteiger partial charge is 0.356 e. The number of nitrogens with zero attached hydrogens (tertiary/aromatic N) is 3. The third-order valence-corrected chi connectivity index (χ3v) is 7.12. The second-order valence-corrected chi connectivity index (χ2v) is 10.1. The number of aryl methyl sites for hydroxylation is 1. The predicted molar refractivity (Wildman–Crippen MR) is 120 cm³/mol. The number of sulfone groups is 1. The van der Waals surface area contributed by atoms with Crippen LogP contribution in [0.1, 0.15) is 29.7 Å². The van der Waals surface area contributed by atoms with Crippen LogP contribution in [0.3, 0.4) is 0 Å². The Bertz CT molecular complexity index is 963. The van der Waals surface area contributed by atoms with Gasteiger partial charge in [-0.15, -0.1) is 11.3 Å². The van der Waals surface area contributed by atoms with Crippen molar-refractivity contribution < 1.29 is 8.42 Å². The van der Waals surface area contributed by atoms with Crippen LogP contribution in [0.2, 0.25) is 0 Å². The molecule has 2 N–H and O–H groups in total. The van der Waals surface area contributed by atoms with Gasteiger partial charge in [0.25, 0.3) is 0 Å². The molecule has 29 heavy (non-hydrogen) atoms. The number of hydrogen-bond acceptors (Lipinski definition) is 6. The second-order valence-electron chi connectivity index (χ2n) is 7.29. The molecule has 0 atom stereocenters. The predicted octanol–water partition coefficient (Wildman–Crippen LogP) is 2.36. The number of rotatable bonds is 7. The van der Waals surface area contributed by atoms with Crippen molar-refractivity contribution >= 4 is 32.3 Å². The number of anilines is 1. The Morgan fingerprint density at radius 2 is 2.03 bits per heavy atom. The van der Waals surface area contributed by atoms with Crippen molar-refractivity contribution in [3.05, 3.63) is 40.4 Å². The number of nitrogens with one attached hydrogen (secondary N) is 2. The molecule has 0 saturated carbocycles.